The van der Waals surface area contributed by atoms with E-state index in [1.807, 2.05) is 29.0 Å². The molecule has 1 atom stereocenters. The molecule has 2 aromatic rings. The third kappa shape index (κ3) is 5.41. The number of aliphatic hydroxyl groups is 1. The van der Waals surface area contributed by atoms with Crippen molar-refractivity contribution in [3.8, 4) is 5.75 Å². The van der Waals surface area contributed by atoms with Crippen LogP contribution in [0.1, 0.15) is 17.2 Å². The van der Waals surface area contributed by atoms with Crippen LogP contribution in [-0.4, -0.2) is 24.7 Å². The second-order valence-corrected chi connectivity index (χ2v) is 5.33. The van der Waals surface area contributed by atoms with E-state index in [9.17, 15) is 13.9 Å². The lowest BCUT2D eigenvalue weighted by Crippen LogP contribution is -2.20. The lowest BCUT2D eigenvalue weighted by Gasteiger charge is -2.11. The molecule has 0 saturated carbocycles. The molecule has 0 saturated heterocycles. The molecule has 0 bridgehead atoms. The zero-order valence-corrected chi connectivity index (χ0v) is 12.2. The fourth-order valence-electron chi connectivity index (χ4n) is 1.80. The number of halogens is 2. The molecule has 0 aliphatic rings. The Morgan fingerprint density at radius 1 is 1.19 bits per heavy atom. The summed E-state index contributed by atoms with van der Waals surface area (Å²) in [6.07, 6.45) is -2.99. The molecule has 0 amide bonds. The van der Waals surface area contributed by atoms with Crippen molar-refractivity contribution in [1.29, 1.82) is 0 Å². The number of hydrogen-bond acceptors (Lipinski definition) is 4. The van der Waals surface area contributed by atoms with Gasteiger partial charge in [-0.1, -0.05) is 12.1 Å². The molecule has 1 unspecified atom stereocenters. The molecule has 21 heavy (non-hydrogen) atoms. The van der Waals surface area contributed by atoms with Crippen molar-refractivity contribution in [2.24, 2.45) is 0 Å². The van der Waals surface area contributed by atoms with Crippen LogP contribution in [0.4, 0.5) is 8.78 Å². The average Bonchev–Trinajstić information content (AvgIpc) is 3.00. The average molecular weight is 313 g/mol. The molecular formula is C15H17F2NO2S. The molecular weight excluding hydrogens is 296 g/mol. The Kier molecular flexibility index (Phi) is 6.10. The van der Waals surface area contributed by atoms with E-state index >= 15 is 0 Å². The van der Waals surface area contributed by atoms with E-state index in [1.54, 1.807) is 23.5 Å². The minimum Gasteiger partial charge on any atom is -0.488 e. The van der Waals surface area contributed by atoms with Crippen molar-refractivity contribution in [2.75, 3.05) is 13.2 Å². The fraction of sp³-hybridized carbons (Fsp3) is 0.333. The summed E-state index contributed by atoms with van der Waals surface area (Å²) in [4.78, 5) is 0. The van der Waals surface area contributed by atoms with Gasteiger partial charge in [-0.2, -0.15) is 11.3 Å². The predicted octanol–water partition coefficient (Wildman–Crippen LogP) is 3.22. The summed E-state index contributed by atoms with van der Waals surface area (Å²) in [5.41, 5.74) is 1.90. The number of benzene rings is 1. The van der Waals surface area contributed by atoms with E-state index in [0.29, 0.717) is 18.8 Å². The Bertz CT molecular complexity index is 517. The summed E-state index contributed by atoms with van der Waals surface area (Å²) in [7, 11) is 0. The van der Waals surface area contributed by atoms with Crippen molar-refractivity contribution < 1.29 is 18.6 Å². The minimum atomic E-state index is -2.47. The van der Waals surface area contributed by atoms with Gasteiger partial charge in [0.25, 0.3) is 6.43 Å². The molecule has 0 aliphatic carbocycles. The highest BCUT2D eigenvalue weighted by atomic mass is 32.1. The highest BCUT2D eigenvalue weighted by Crippen LogP contribution is 2.16. The van der Waals surface area contributed by atoms with Crippen molar-refractivity contribution >= 4 is 11.3 Å². The summed E-state index contributed by atoms with van der Waals surface area (Å²) in [6.45, 7) is 0.459. The van der Waals surface area contributed by atoms with Gasteiger partial charge in [-0.3, -0.25) is 0 Å². The van der Waals surface area contributed by atoms with Gasteiger partial charge in [0.1, 0.15) is 12.4 Å². The molecule has 6 heteroatoms. The monoisotopic (exact) mass is 313 g/mol. The molecule has 0 radical (unpaired) electrons. The maximum atomic E-state index is 12.0. The zero-order chi connectivity index (χ0) is 15.1. The molecule has 0 aliphatic heterocycles. The summed E-state index contributed by atoms with van der Waals surface area (Å²) in [5.74, 6) is 0.428. The lowest BCUT2D eigenvalue weighted by molar-refractivity contribution is 0.0819. The van der Waals surface area contributed by atoms with Crippen molar-refractivity contribution in [2.45, 2.75) is 19.1 Å². The molecule has 1 aromatic heterocycles. The number of thiophene rings is 1. The van der Waals surface area contributed by atoms with Crippen LogP contribution in [0.3, 0.4) is 0 Å². The molecule has 1 heterocycles. The van der Waals surface area contributed by atoms with Crippen LogP contribution in [0.15, 0.2) is 41.1 Å². The normalized spacial score (nSPS) is 12.6. The van der Waals surface area contributed by atoms with Gasteiger partial charge >= 0.3 is 0 Å². The van der Waals surface area contributed by atoms with E-state index < -0.39 is 19.1 Å². The molecule has 3 nitrogen and oxygen atoms in total. The lowest BCUT2D eigenvalue weighted by atomic mass is 10.2. The summed E-state index contributed by atoms with van der Waals surface area (Å²) < 4.78 is 28.9. The smallest absolute Gasteiger partial charge is 0.272 e. The first-order valence-electron chi connectivity index (χ1n) is 6.56. The highest BCUT2D eigenvalue weighted by molar-refractivity contribution is 7.07. The topological polar surface area (TPSA) is 41.5 Å². The predicted molar refractivity (Wildman–Crippen MR) is 78.9 cm³/mol. The van der Waals surface area contributed by atoms with Crippen LogP contribution < -0.4 is 10.1 Å². The number of hydrogen-bond donors (Lipinski definition) is 2. The van der Waals surface area contributed by atoms with Crippen LogP contribution in [0.25, 0.3) is 0 Å². The molecule has 2 rings (SSSR count). The molecule has 114 valence electrons. The van der Waals surface area contributed by atoms with Crippen molar-refractivity contribution in [3.63, 3.8) is 0 Å². The minimum absolute atomic E-state index is 0.428. The van der Waals surface area contributed by atoms with Crippen LogP contribution >= 0.6 is 11.3 Å². The van der Waals surface area contributed by atoms with Gasteiger partial charge in [0.2, 0.25) is 0 Å². The standard InChI is InChI=1S/C15H17F2NO2S/c16-15(17)9-20-13-3-1-11(2-4-13)7-18-8-14(19)12-5-6-21-10-12/h1-6,10,14-15,18-19H,7-9H2. The molecule has 2 N–H and O–H groups in total. The third-order valence-electron chi connectivity index (χ3n) is 2.89. The van der Waals surface area contributed by atoms with Crippen LogP contribution in [0, 0.1) is 0 Å². The van der Waals surface area contributed by atoms with Gasteiger partial charge in [-0.15, -0.1) is 0 Å². The first-order chi connectivity index (χ1) is 10.1. The quantitative estimate of drug-likeness (QED) is 0.786. The number of ether oxygens (including phenoxy) is 1. The second kappa shape index (κ2) is 8.07. The van der Waals surface area contributed by atoms with Crippen molar-refractivity contribution in [1.82, 2.24) is 5.32 Å². The Hall–Kier alpha value is -1.50. The fourth-order valence-corrected chi connectivity index (χ4v) is 2.51. The number of aliphatic hydroxyl groups excluding tert-OH is 1. The summed E-state index contributed by atoms with van der Waals surface area (Å²) in [5, 5.41) is 16.9. The van der Waals surface area contributed by atoms with Crippen LogP contribution in [0.2, 0.25) is 0 Å². The van der Waals surface area contributed by atoms with Gasteiger partial charge in [0, 0.05) is 13.1 Å². The van der Waals surface area contributed by atoms with Crippen molar-refractivity contribution in [3.05, 3.63) is 52.2 Å². The van der Waals surface area contributed by atoms with E-state index in [-0.39, 0.29) is 0 Å². The highest BCUT2D eigenvalue weighted by Gasteiger charge is 2.07. The van der Waals surface area contributed by atoms with Gasteiger partial charge < -0.3 is 15.2 Å². The maximum Gasteiger partial charge on any atom is 0.272 e. The van der Waals surface area contributed by atoms with Crippen LogP contribution in [0.5, 0.6) is 5.75 Å². The van der Waals surface area contributed by atoms with Gasteiger partial charge in [-0.25, -0.2) is 8.78 Å². The molecule has 1 aromatic carbocycles. The number of alkyl halides is 2. The molecule has 0 spiro atoms. The van der Waals surface area contributed by atoms with E-state index in [0.717, 1.165) is 11.1 Å². The first kappa shape index (κ1) is 15.9. The Labute approximate surface area is 126 Å². The van der Waals surface area contributed by atoms with Crippen LogP contribution in [-0.2, 0) is 6.54 Å². The number of nitrogens with one attached hydrogen (secondary N) is 1. The van der Waals surface area contributed by atoms with Gasteiger partial charge in [-0.05, 0) is 40.1 Å². The first-order valence-corrected chi connectivity index (χ1v) is 7.50. The summed E-state index contributed by atoms with van der Waals surface area (Å²) in [6, 6.07) is 8.84. The van der Waals surface area contributed by atoms with Gasteiger partial charge in [0.05, 0.1) is 6.10 Å². The Morgan fingerprint density at radius 3 is 2.57 bits per heavy atom. The molecule has 0 fully saturated rings. The Morgan fingerprint density at radius 2 is 1.95 bits per heavy atom. The maximum absolute atomic E-state index is 12.0. The second-order valence-electron chi connectivity index (χ2n) is 4.55. The zero-order valence-electron chi connectivity index (χ0n) is 11.3. The summed E-state index contributed by atoms with van der Waals surface area (Å²) >= 11 is 1.55. The van der Waals surface area contributed by atoms with E-state index in [4.69, 9.17) is 4.74 Å². The van der Waals surface area contributed by atoms with E-state index in [2.05, 4.69) is 5.32 Å². The van der Waals surface area contributed by atoms with E-state index in [1.165, 1.54) is 0 Å². The number of rotatable bonds is 8. The largest absolute Gasteiger partial charge is 0.488 e. The Balaban J connectivity index is 1.73. The van der Waals surface area contributed by atoms with Gasteiger partial charge in [0.15, 0.2) is 0 Å². The SMILES string of the molecule is OC(CNCc1ccc(OCC(F)F)cc1)c1ccsc1. The third-order valence-corrected chi connectivity index (χ3v) is 3.60.